The van der Waals surface area contributed by atoms with Crippen LogP contribution in [0.25, 0.3) is 16.5 Å². The molecule has 0 saturated heterocycles. The number of ketones is 1. The summed E-state index contributed by atoms with van der Waals surface area (Å²) >= 11 is 1.27. The number of alkyl halides is 3. The Bertz CT molecular complexity index is 1670. The van der Waals surface area contributed by atoms with Crippen molar-refractivity contribution in [3.05, 3.63) is 88.9 Å². The molecule has 1 aliphatic rings. The molecule has 0 amide bonds. The van der Waals surface area contributed by atoms with Gasteiger partial charge in [0.2, 0.25) is 0 Å². The molecule has 0 aliphatic heterocycles. The summed E-state index contributed by atoms with van der Waals surface area (Å²) in [6.07, 6.45) is 1.48. The number of aryl methyl sites for hydroxylation is 1. The van der Waals surface area contributed by atoms with E-state index in [9.17, 15) is 26.4 Å². The van der Waals surface area contributed by atoms with Crippen LogP contribution in [-0.4, -0.2) is 34.4 Å². The largest absolute Gasteiger partial charge is 0.416 e. The summed E-state index contributed by atoms with van der Waals surface area (Å²) < 4.78 is 68.8. The molecule has 11 heteroatoms. The van der Waals surface area contributed by atoms with Crippen LogP contribution in [0.5, 0.6) is 0 Å². The van der Waals surface area contributed by atoms with Crippen LogP contribution in [0, 0.1) is 6.92 Å². The Kier molecular flexibility index (Phi) is 5.79. The molecule has 184 valence electrons. The zero-order valence-corrected chi connectivity index (χ0v) is 20.6. The molecule has 2 heterocycles. The number of fused-ring (bicyclic) bond motifs is 2. The van der Waals surface area contributed by atoms with E-state index in [0.717, 1.165) is 21.7 Å². The standard InChI is InChI=1S/C25H18F3N3O3S2/c1-14-3-6-16(7-4-14)36(33,34)31-13-20(17-8-5-15(11-21(17)31)25(26,27)28)18-9-10-22(32)19-12-29-24(35-2)30-23(18)19/h3-9,11-13H,10H2,1-2H3. The average molecular weight is 530 g/mol. The highest BCUT2D eigenvalue weighted by Crippen LogP contribution is 2.39. The number of carbonyl (C=O) groups excluding carboxylic acids is 1. The van der Waals surface area contributed by atoms with Gasteiger partial charge in [0.15, 0.2) is 10.9 Å². The molecule has 0 N–H and O–H groups in total. The topological polar surface area (TPSA) is 81.9 Å². The van der Waals surface area contributed by atoms with Crippen molar-refractivity contribution >= 4 is 44.0 Å². The first-order valence-electron chi connectivity index (χ1n) is 10.7. The number of Topliss-reactive ketones (excluding diaryl/α,β-unsaturated/α-hetero) is 1. The van der Waals surface area contributed by atoms with Crippen molar-refractivity contribution in [1.82, 2.24) is 13.9 Å². The van der Waals surface area contributed by atoms with Crippen molar-refractivity contribution in [3.63, 3.8) is 0 Å². The van der Waals surface area contributed by atoms with Gasteiger partial charge >= 0.3 is 6.18 Å². The number of aromatic nitrogens is 3. The molecule has 36 heavy (non-hydrogen) atoms. The van der Waals surface area contributed by atoms with E-state index < -0.39 is 21.8 Å². The Hall–Kier alpha value is -3.44. The molecule has 0 bridgehead atoms. The van der Waals surface area contributed by atoms with Crippen molar-refractivity contribution in [3.8, 4) is 0 Å². The van der Waals surface area contributed by atoms with Gasteiger partial charge in [-0.05, 0) is 37.4 Å². The molecule has 1 aliphatic carbocycles. The minimum Gasteiger partial charge on any atom is -0.294 e. The van der Waals surface area contributed by atoms with Gasteiger partial charge in [0, 0.05) is 35.3 Å². The van der Waals surface area contributed by atoms with Crippen LogP contribution in [0.15, 0.2) is 71.0 Å². The normalized spacial score (nSPS) is 14.1. The van der Waals surface area contributed by atoms with Crippen molar-refractivity contribution in [2.75, 3.05) is 6.26 Å². The number of hydrogen-bond acceptors (Lipinski definition) is 6. The molecule has 2 aromatic carbocycles. The van der Waals surface area contributed by atoms with Gasteiger partial charge in [-0.25, -0.2) is 22.4 Å². The maximum Gasteiger partial charge on any atom is 0.416 e. The van der Waals surface area contributed by atoms with Crippen molar-refractivity contribution in [2.45, 2.75) is 29.6 Å². The molecular weight excluding hydrogens is 511 g/mol. The predicted octanol–water partition coefficient (Wildman–Crippen LogP) is 5.74. The quantitative estimate of drug-likeness (QED) is 0.248. The average Bonchev–Trinajstić information content (AvgIpc) is 3.23. The molecule has 0 atom stereocenters. The number of carbonyl (C=O) groups is 1. The Morgan fingerprint density at radius 3 is 2.44 bits per heavy atom. The van der Waals surface area contributed by atoms with E-state index in [1.165, 1.54) is 42.4 Å². The third kappa shape index (κ3) is 4.01. The summed E-state index contributed by atoms with van der Waals surface area (Å²) in [5.41, 5.74) is 1.15. The summed E-state index contributed by atoms with van der Waals surface area (Å²) in [7, 11) is -4.25. The molecular formula is C25H18F3N3O3S2. The van der Waals surface area contributed by atoms with E-state index in [-0.39, 0.29) is 33.6 Å². The summed E-state index contributed by atoms with van der Waals surface area (Å²) in [6, 6.07) is 9.05. The highest BCUT2D eigenvalue weighted by molar-refractivity contribution is 7.98. The maximum absolute atomic E-state index is 13.6. The minimum absolute atomic E-state index is 0.0301. The summed E-state index contributed by atoms with van der Waals surface area (Å²) in [5.74, 6) is -0.197. The van der Waals surface area contributed by atoms with Gasteiger partial charge in [-0.1, -0.05) is 41.6 Å². The highest BCUT2D eigenvalue weighted by atomic mass is 32.2. The minimum atomic E-state index is -4.67. The van der Waals surface area contributed by atoms with Gasteiger partial charge in [-0.2, -0.15) is 13.2 Å². The zero-order valence-electron chi connectivity index (χ0n) is 19.0. The lowest BCUT2D eigenvalue weighted by Crippen LogP contribution is -2.13. The Labute approximate surface area is 208 Å². The van der Waals surface area contributed by atoms with Gasteiger partial charge in [0.05, 0.1) is 27.2 Å². The SMILES string of the molecule is CSc1ncc2c(n1)C(c1cn(S(=O)(=O)c3ccc(C)cc3)c3cc(C(F)(F)F)ccc13)=CCC2=O. The van der Waals surface area contributed by atoms with Crippen LogP contribution in [0.1, 0.15) is 39.2 Å². The van der Waals surface area contributed by atoms with E-state index >= 15 is 0 Å². The van der Waals surface area contributed by atoms with Crippen LogP contribution < -0.4 is 0 Å². The molecule has 0 spiro atoms. The first-order chi connectivity index (χ1) is 17.0. The maximum atomic E-state index is 13.6. The molecule has 2 aromatic heterocycles. The van der Waals surface area contributed by atoms with Gasteiger partial charge in [-0.3, -0.25) is 4.79 Å². The first-order valence-corrected chi connectivity index (χ1v) is 13.4. The summed E-state index contributed by atoms with van der Waals surface area (Å²) in [4.78, 5) is 21.1. The third-order valence-corrected chi connectivity index (χ3v) is 8.21. The molecule has 0 saturated carbocycles. The van der Waals surface area contributed by atoms with E-state index in [0.29, 0.717) is 22.0 Å². The molecule has 5 rings (SSSR count). The van der Waals surface area contributed by atoms with Gasteiger partial charge in [-0.15, -0.1) is 0 Å². The second kappa shape index (κ2) is 8.59. The Morgan fingerprint density at radius 2 is 1.78 bits per heavy atom. The van der Waals surface area contributed by atoms with Crippen molar-refractivity contribution < 1.29 is 26.4 Å². The number of hydrogen-bond donors (Lipinski definition) is 0. The lowest BCUT2D eigenvalue weighted by molar-refractivity contribution is -0.137. The molecule has 0 radical (unpaired) electrons. The van der Waals surface area contributed by atoms with E-state index in [1.54, 1.807) is 31.4 Å². The fourth-order valence-corrected chi connectivity index (χ4v) is 5.83. The number of benzene rings is 2. The fraction of sp³-hybridized carbons (Fsp3) is 0.160. The van der Waals surface area contributed by atoms with Crippen LogP contribution in [0.4, 0.5) is 13.2 Å². The van der Waals surface area contributed by atoms with Crippen LogP contribution >= 0.6 is 11.8 Å². The molecule has 0 fully saturated rings. The molecule has 0 unspecified atom stereocenters. The van der Waals surface area contributed by atoms with Gasteiger partial charge in [0.25, 0.3) is 10.0 Å². The second-order valence-corrected chi connectivity index (χ2v) is 10.8. The van der Waals surface area contributed by atoms with E-state index in [1.807, 2.05) is 0 Å². The van der Waals surface area contributed by atoms with Crippen LogP contribution in [0.2, 0.25) is 0 Å². The number of rotatable bonds is 4. The van der Waals surface area contributed by atoms with E-state index in [2.05, 4.69) is 9.97 Å². The summed E-state index contributed by atoms with van der Waals surface area (Å²) in [6.45, 7) is 1.80. The number of thioether (sulfide) groups is 1. The second-order valence-electron chi connectivity index (χ2n) is 8.25. The molecule has 6 nitrogen and oxygen atoms in total. The van der Waals surface area contributed by atoms with Crippen molar-refractivity contribution in [1.29, 1.82) is 0 Å². The van der Waals surface area contributed by atoms with Crippen LogP contribution in [-0.2, 0) is 16.2 Å². The van der Waals surface area contributed by atoms with Crippen LogP contribution in [0.3, 0.4) is 0 Å². The number of halogens is 3. The first kappa shape index (κ1) is 24.3. The van der Waals surface area contributed by atoms with Crippen molar-refractivity contribution in [2.24, 2.45) is 0 Å². The van der Waals surface area contributed by atoms with Gasteiger partial charge < -0.3 is 0 Å². The summed E-state index contributed by atoms with van der Waals surface area (Å²) in [5, 5.41) is 0.694. The zero-order chi connectivity index (χ0) is 25.8. The van der Waals surface area contributed by atoms with E-state index in [4.69, 9.17) is 0 Å². The van der Waals surface area contributed by atoms with Gasteiger partial charge in [0.1, 0.15) is 0 Å². The predicted molar refractivity (Wildman–Crippen MR) is 131 cm³/mol. The monoisotopic (exact) mass is 529 g/mol. The smallest absolute Gasteiger partial charge is 0.294 e. The molecule has 4 aromatic rings. The lowest BCUT2D eigenvalue weighted by Gasteiger charge is -2.16. The highest BCUT2D eigenvalue weighted by Gasteiger charge is 2.33. The third-order valence-electron chi connectivity index (χ3n) is 5.96. The Morgan fingerprint density at radius 1 is 1.06 bits per heavy atom. The fourth-order valence-electron chi connectivity index (χ4n) is 4.12. The Balaban J connectivity index is 1.80. The number of allylic oxidation sites excluding steroid dienone is 1. The number of nitrogens with zero attached hydrogens (tertiary/aromatic N) is 3. The lowest BCUT2D eigenvalue weighted by atomic mass is 9.90.